The number of nitrogens with zero attached hydrogens (tertiary/aromatic N) is 3. The molecule has 0 saturated heterocycles. The van der Waals surface area contributed by atoms with Crippen molar-refractivity contribution in [2.45, 2.75) is 0 Å². The van der Waals surface area contributed by atoms with Gasteiger partial charge in [-0.1, -0.05) is 146 Å². The third kappa shape index (κ3) is 5.74. The van der Waals surface area contributed by atoms with Crippen molar-refractivity contribution in [1.82, 2.24) is 15.0 Å². The van der Waals surface area contributed by atoms with E-state index in [4.69, 9.17) is 15.0 Å². The van der Waals surface area contributed by atoms with Crippen LogP contribution in [0.15, 0.2) is 200 Å². The molecule has 0 bridgehead atoms. The molecule has 0 aliphatic carbocycles. The average molecular weight is 824 g/mol. The van der Waals surface area contributed by atoms with Crippen LogP contribution < -0.4 is 0 Å². The molecule has 0 N–H and O–H groups in total. The number of rotatable bonds is 5. The van der Waals surface area contributed by atoms with Crippen LogP contribution in [0.3, 0.4) is 0 Å². The lowest BCUT2D eigenvalue weighted by molar-refractivity contribution is 1.08. The Morgan fingerprint density at radius 3 is 1.73 bits per heavy atom. The molecular weight excluding hydrogens is 791 g/mol. The van der Waals surface area contributed by atoms with Crippen molar-refractivity contribution in [3.63, 3.8) is 0 Å². The lowest BCUT2D eigenvalue weighted by Crippen LogP contribution is -2.00. The van der Waals surface area contributed by atoms with Gasteiger partial charge in [-0.15, -0.1) is 22.7 Å². The molecule has 0 aliphatic heterocycles. The molecule has 0 radical (unpaired) electrons. The molecule has 288 valence electrons. The minimum Gasteiger partial charge on any atom is -0.208 e. The topological polar surface area (TPSA) is 38.7 Å². The van der Waals surface area contributed by atoms with Gasteiger partial charge in [0.1, 0.15) is 0 Å². The maximum absolute atomic E-state index is 5.23. The van der Waals surface area contributed by atoms with Gasteiger partial charge in [0.15, 0.2) is 17.5 Å². The SMILES string of the molecule is c1ccc(-c2nc(-c3ccc4sc5cccc(-c6cc(-c7ccc8ccccc8c7)c7c(c6)sc6cc8ccccc8cc67)c5c4c3)nc(-c3cccc4ccccc34)n2)cc1. The molecule has 3 heterocycles. The first-order valence-corrected chi connectivity index (χ1v) is 22.5. The lowest BCUT2D eigenvalue weighted by atomic mass is 9.91. The summed E-state index contributed by atoms with van der Waals surface area (Å²) >= 11 is 3.72. The minimum atomic E-state index is 0.651. The molecule has 0 unspecified atom stereocenters. The van der Waals surface area contributed by atoms with Crippen molar-refractivity contribution in [2.75, 3.05) is 0 Å². The highest BCUT2D eigenvalue weighted by Gasteiger charge is 2.20. The van der Waals surface area contributed by atoms with Crippen LogP contribution in [0.25, 0.3) is 129 Å². The van der Waals surface area contributed by atoms with Gasteiger partial charge < -0.3 is 0 Å². The van der Waals surface area contributed by atoms with Crippen LogP contribution >= 0.6 is 22.7 Å². The monoisotopic (exact) mass is 823 g/mol. The highest BCUT2D eigenvalue weighted by molar-refractivity contribution is 7.26. The Morgan fingerprint density at radius 1 is 0.258 bits per heavy atom. The summed E-state index contributed by atoms with van der Waals surface area (Å²) in [7, 11) is 0. The van der Waals surface area contributed by atoms with Gasteiger partial charge in [0, 0.05) is 57.0 Å². The van der Waals surface area contributed by atoms with Gasteiger partial charge in [-0.3, -0.25) is 0 Å². The van der Waals surface area contributed by atoms with E-state index in [0.717, 1.165) is 27.5 Å². The Kier molecular flexibility index (Phi) is 7.95. The summed E-state index contributed by atoms with van der Waals surface area (Å²) in [6.45, 7) is 0. The van der Waals surface area contributed by atoms with Gasteiger partial charge >= 0.3 is 0 Å². The van der Waals surface area contributed by atoms with Crippen LogP contribution in [0, 0.1) is 0 Å². The number of thiophene rings is 2. The zero-order valence-electron chi connectivity index (χ0n) is 33.2. The van der Waals surface area contributed by atoms with Crippen molar-refractivity contribution in [1.29, 1.82) is 0 Å². The summed E-state index contributed by atoms with van der Waals surface area (Å²) < 4.78 is 5.07. The third-order valence-corrected chi connectivity index (χ3v) is 14.5. The van der Waals surface area contributed by atoms with E-state index in [2.05, 4.69) is 182 Å². The molecule has 0 fully saturated rings. The Labute approximate surface area is 364 Å². The number of hydrogen-bond donors (Lipinski definition) is 0. The van der Waals surface area contributed by atoms with Crippen LogP contribution in [0.2, 0.25) is 0 Å². The molecule has 62 heavy (non-hydrogen) atoms. The van der Waals surface area contributed by atoms with E-state index in [-0.39, 0.29) is 0 Å². The molecule has 0 aliphatic rings. The van der Waals surface area contributed by atoms with Gasteiger partial charge in [0.25, 0.3) is 0 Å². The van der Waals surface area contributed by atoms with Crippen molar-refractivity contribution in [3.05, 3.63) is 200 Å². The fourth-order valence-corrected chi connectivity index (χ4v) is 11.6. The first-order chi connectivity index (χ1) is 30.7. The second kappa shape index (κ2) is 14.0. The van der Waals surface area contributed by atoms with E-state index in [1.807, 2.05) is 40.9 Å². The normalized spacial score (nSPS) is 11.9. The molecule has 5 heteroatoms. The molecule has 0 atom stereocenters. The minimum absolute atomic E-state index is 0.651. The quantitative estimate of drug-likeness (QED) is 0.174. The van der Waals surface area contributed by atoms with E-state index < -0.39 is 0 Å². The Balaban J connectivity index is 1.04. The largest absolute Gasteiger partial charge is 0.208 e. The lowest BCUT2D eigenvalue weighted by Gasteiger charge is -2.12. The van der Waals surface area contributed by atoms with E-state index in [1.165, 1.54) is 84.1 Å². The summed E-state index contributed by atoms with van der Waals surface area (Å²) in [5.74, 6) is 1.96. The summed E-state index contributed by atoms with van der Waals surface area (Å²) in [5.41, 5.74) is 7.79. The van der Waals surface area contributed by atoms with Crippen molar-refractivity contribution in [3.8, 4) is 56.4 Å². The van der Waals surface area contributed by atoms with Gasteiger partial charge in [-0.25, -0.2) is 15.0 Å². The predicted molar refractivity (Wildman–Crippen MR) is 265 cm³/mol. The summed E-state index contributed by atoms with van der Waals surface area (Å²) in [6, 6.07) is 72.3. The third-order valence-electron chi connectivity index (χ3n) is 12.3. The predicted octanol–water partition coefficient (Wildman–Crippen LogP) is 16.4. The van der Waals surface area contributed by atoms with Gasteiger partial charge in [-0.2, -0.15) is 0 Å². The van der Waals surface area contributed by atoms with Crippen molar-refractivity contribution in [2.24, 2.45) is 0 Å². The number of hydrogen-bond acceptors (Lipinski definition) is 5. The summed E-state index contributed by atoms with van der Waals surface area (Å²) in [4.78, 5) is 15.5. The zero-order chi connectivity index (χ0) is 40.7. The first-order valence-electron chi connectivity index (χ1n) is 20.8. The molecule has 0 amide bonds. The summed E-state index contributed by atoms with van der Waals surface area (Å²) in [6.07, 6.45) is 0. The smallest absolute Gasteiger partial charge is 0.164 e. The standard InChI is InChI=1S/C57H33N3S2/c1-2-14-36(15-3-1)55-58-56(60-57(59-55)45-22-10-19-35-13-8-9-20-43(35)45)41-26-27-49-47(30-41)53-44(21-11-23-50(53)61-49)42-31-46(40-25-24-34-12-4-5-16-37(34)28-40)54-48-29-38-17-6-7-18-39(38)32-51(48)62-52(54)33-42/h1-33H. The van der Waals surface area contributed by atoms with Crippen LogP contribution in [-0.4, -0.2) is 15.0 Å². The van der Waals surface area contributed by atoms with E-state index in [0.29, 0.717) is 17.5 Å². The van der Waals surface area contributed by atoms with Crippen molar-refractivity contribution < 1.29 is 0 Å². The summed E-state index contributed by atoms with van der Waals surface area (Å²) in [5, 5.41) is 12.3. The highest BCUT2D eigenvalue weighted by atomic mass is 32.1. The number of aromatic nitrogens is 3. The maximum atomic E-state index is 5.23. The Morgan fingerprint density at radius 2 is 0.871 bits per heavy atom. The van der Waals surface area contributed by atoms with Gasteiger partial charge in [0.05, 0.1) is 0 Å². The maximum Gasteiger partial charge on any atom is 0.164 e. The zero-order valence-corrected chi connectivity index (χ0v) is 34.8. The van der Waals surface area contributed by atoms with Crippen LogP contribution in [-0.2, 0) is 0 Å². The molecule has 13 rings (SSSR count). The van der Waals surface area contributed by atoms with Crippen molar-refractivity contribution >= 4 is 95.3 Å². The molecule has 0 spiro atoms. The molecule has 3 aromatic heterocycles. The fourth-order valence-electron chi connectivity index (χ4n) is 9.30. The van der Waals surface area contributed by atoms with Gasteiger partial charge in [0.2, 0.25) is 0 Å². The highest BCUT2D eigenvalue weighted by Crippen LogP contribution is 2.47. The molecule has 0 saturated carbocycles. The van der Waals surface area contributed by atoms with Crippen LogP contribution in [0.5, 0.6) is 0 Å². The van der Waals surface area contributed by atoms with Crippen LogP contribution in [0.4, 0.5) is 0 Å². The molecule has 10 aromatic carbocycles. The van der Waals surface area contributed by atoms with E-state index >= 15 is 0 Å². The second-order valence-electron chi connectivity index (χ2n) is 15.9. The Hall–Kier alpha value is -7.57. The fraction of sp³-hybridized carbons (Fsp3) is 0. The molecule has 3 nitrogen and oxygen atoms in total. The van der Waals surface area contributed by atoms with Crippen LogP contribution in [0.1, 0.15) is 0 Å². The molecular formula is C57H33N3S2. The number of fused-ring (bicyclic) bond motifs is 9. The molecule has 13 aromatic rings. The van der Waals surface area contributed by atoms with Gasteiger partial charge in [-0.05, 0) is 109 Å². The Bertz CT molecular complexity index is 3930. The average Bonchev–Trinajstić information content (AvgIpc) is 3.90. The van der Waals surface area contributed by atoms with E-state index in [1.54, 1.807) is 0 Å². The first kappa shape index (κ1) is 35.2. The number of benzene rings is 10. The second-order valence-corrected chi connectivity index (χ2v) is 18.1. The van der Waals surface area contributed by atoms with E-state index in [9.17, 15) is 0 Å².